The van der Waals surface area contributed by atoms with Gasteiger partial charge in [-0.15, -0.1) is 5.10 Å². The fourth-order valence-electron chi connectivity index (χ4n) is 2.58. The fourth-order valence-corrected chi connectivity index (χ4v) is 2.85. The van der Waals surface area contributed by atoms with Crippen molar-refractivity contribution in [3.05, 3.63) is 82.8 Å². The number of benzene rings is 2. The van der Waals surface area contributed by atoms with E-state index in [1.807, 2.05) is 42.5 Å². The van der Waals surface area contributed by atoms with Gasteiger partial charge in [0.2, 0.25) is 0 Å². The summed E-state index contributed by atoms with van der Waals surface area (Å²) < 4.78 is 8.32. The fraction of sp³-hybridized carbons (Fsp3) is 0.0526. The quantitative estimate of drug-likeness (QED) is 0.529. The number of carbonyl (C=O) groups is 1. The number of halogens is 1. The molecule has 0 fully saturated rings. The molecule has 0 aliphatic carbocycles. The molecule has 1 amide bonds. The lowest BCUT2D eigenvalue weighted by molar-refractivity contribution is 0.0948. The van der Waals surface area contributed by atoms with E-state index in [9.17, 15) is 4.79 Å². The minimum absolute atomic E-state index is 0.202. The normalized spacial score (nSPS) is 10.7. The van der Waals surface area contributed by atoms with Crippen LogP contribution in [0.3, 0.4) is 0 Å². The van der Waals surface area contributed by atoms with E-state index in [-0.39, 0.29) is 5.91 Å². The van der Waals surface area contributed by atoms with Crippen LogP contribution in [-0.2, 0) is 6.54 Å². The van der Waals surface area contributed by atoms with Crippen LogP contribution in [0, 0.1) is 0 Å². The molecule has 0 spiro atoms. The number of hydrogen-bond donors (Lipinski definition) is 1. The predicted octanol–water partition coefficient (Wildman–Crippen LogP) is 3.61. The number of furan rings is 1. The lowest BCUT2D eigenvalue weighted by atomic mass is 10.2. The average molecular weight is 424 g/mol. The molecule has 0 atom stereocenters. The first-order chi connectivity index (χ1) is 13.2. The lowest BCUT2D eigenvalue weighted by Crippen LogP contribution is -2.22. The molecule has 4 aromatic rings. The van der Waals surface area contributed by atoms with Crippen LogP contribution in [0.1, 0.15) is 16.1 Å². The minimum atomic E-state index is -0.202. The van der Waals surface area contributed by atoms with Crippen LogP contribution in [-0.4, -0.2) is 26.1 Å². The molecular formula is C19H14BrN5O2. The number of carbonyl (C=O) groups excluding carboxylic acids is 1. The number of aromatic nitrogens is 4. The van der Waals surface area contributed by atoms with Crippen molar-refractivity contribution < 1.29 is 9.21 Å². The van der Waals surface area contributed by atoms with Gasteiger partial charge in [0.25, 0.3) is 5.91 Å². The summed E-state index contributed by atoms with van der Waals surface area (Å²) >= 11 is 3.41. The standard InChI is InChI=1S/C19H14BrN5O2/c20-15-6-4-13(5-7-15)18-9-8-17(27-18)11-21-19(26)14-2-1-3-16(10-14)25-12-22-23-24-25/h1-10,12H,11H2,(H,21,26). The second-order valence-electron chi connectivity index (χ2n) is 5.76. The number of tetrazole rings is 1. The highest BCUT2D eigenvalue weighted by Gasteiger charge is 2.10. The molecule has 2 aromatic heterocycles. The van der Waals surface area contributed by atoms with Crippen LogP contribution < -0.4 is 5.32 Å². The summed E-state index contributed by atoms with van der Waals surface area (Å²) in [6.07, 6.45) is 1.48. The molecule has 1 N–H and O–H groups in total. The summed E-state index contributed by atoms with van der Waals surface area (Å²) in [5.74, 6) is 1.23. The van der Waals surface area contributed by atoms with Crippen LogP contribution in [0.4, 0.5) is 0 Å². The van der Waals surface area contributed by atoms with E-state index < -0.39 is 0 Å². The maximum atomic E-state index is 12.4. The highest BCUT2D eigenvalue weighted by atomic mass is 79.9. The van der Waals surface area contributed by atoms with Crippen LogP contribution in [0.15, 0.2) is 75.9 Å². The Bertz CT molecular complexity index is 1060. The van der Waals surface area contributed by atoms with Crippen molar-refractivity contribution in [3.63, 3.8) is 0 Å². The Kier molecular flexibility index (Phi) is 4.80. The first-order valence-electron chi connectivity index (χ1n) is 8.15. The third-order valence-electron chi connectivity index (χ3n) is 3.94. The second-order valence-corrected chi connectivity index (χ2v) is 6.68. The van der Waals surface area contributed by atoms with Crippen molar-refractivity contribution in [2.24, 2.45) is 0 Å². The van der Waals surface area contributed by atoms with Crippen molar-refractivity contribution >= 4 is 21.8 Å². The maximum absolute atomic E-state index is 12.4. The summed E-state index contributed by atoms with van der Waals surface area (Å²) in [5, 5.41) is 13.9. The molecule has 0 saturated carbocycles. The summed E-state index contributed by atoms with van der Waals surface area (Å²) in [5.41, 5.74) is 2.20. The molecule has 0 bridgehead atoms. The number of nitrogens with one attached hydrogen (secondary N) is 1. The van der Waals surface area contributed by atoms with Gasteiger partial charge in [0.15, 0.2) is 0 Å². The molecule has 7 nitrogen and oxygen atoms in total. The maximum Gasteiger partial charge on any atom is 0.251 e. The van der Waals surface area contributed by atoms with Gasteiger partial charge >= 0.3 is 0 Å². The third-order valence-corrected chi connectivity index (χ3v) is 4.46. The van der Waals surface area contributed by atoms with Gasteiger partial charge in [-0.3, -0.25) is 4.79 Å². The largest absolute Gasteiger partial charge is 0.459 e. The first kappa shape index (κ1) is 17.2. The van der Waals surface area contributed by atoms with Crippen molar-refractivity contribution in [1.29, 1.82) is 0 Å². The number of amides is 1. The van der Waals surface area contributed by atoms with Crippen LogP contribution >= 0.6 is 15.9 Å². The SMILES string of the molecule is O=C(NCc1ccc(-c2ccc(Br)cc2)o1)c1cccc(-n2cnnn2)c1. The van der Waals surface area contributed by atoms with Crippen molar-refractivity contribution in [3.8, 4) is 17.0 Å². The minimum Gasteiger partial charge on any atom is -0.459 e. The summed E-state index contributed by atoms with van der Waals surface area (Å²) in [4.78, 5) is 12.4. The van der Waals surface area contributed by atoms with Crippen molar-refractivity contribution in [1.82, 2.24) is 25.5 Å². The lowest BCUT2D eigenvalue weighted by Gasteiger charge is -2.05. The highest BCUT2D eigenvalue weighted by Crippen LogP contribution is 2.24. The number of nitrogens with zero attached hydrogens (tertiary/aromatic N) is 4. The Balaban J connectivity index is 1.43. The third kappa shape index (κ3) is 3.95. The molecule has 2 heterocycles. The van der Waals surface area contributed by atoms with Crippen LogP contribution in [0.2, 0.25) is 0 Å². The Morgan fingerprint density at radius 2 is 1.96 bits per heavy atom. The number of rotatable bonds is 5. The monoisotopic (exact) mass is 423 g/mol. The van der Waals surface area contributed by atoms with Gasteiger partial charge in [-0.2, -0.15) is 0 Å². The zero-order chi connectivity index (χ0) is 18.6. The topological polar surface area (TPSA) is 85.8 Å². The van der Waals surface area contributed by atoms with Gasteiger partial charge in [0.1, 0.15) is 17.8 Å². The number of hydrogen-bond acceptors (Lipinski definition) is 5. The Labute approximate surface area is 163 Å². The van der Waals surface area contributed by atoms with Crippen molar-refractivity contribution in [2.75, 3.05) is 0 Å². The molecular weight excluding hydrogens is 410 g/mol. The molecule has 0 aliphatic rings. The van der Waals surface area contributed by atoms with Gasteiger partial charge in [0.05, 0.1) is 12.2 Å². The summed E-state index contributed by atoms with van der Waals surface area (Å²) in [7, 11) is 0. The zero-order valence-electron chi connectivity index (χ0n) is 14.0. The summed E-state index contributed by atoms with van der Waals surface area (Å²) in [6, 6.07) is 18.7. The molecule has 2 aromatic carbocycles. The van der Waals surface area contributed by atoms with Gasteiger partial charge < -0.3 is 9.73 Å². The molecule has 134 valence electrons. The second kappa shape index (κ2) is 7.55. The molecule has 0 saturated heterocycles. The molecule has 8 heteroatoms. The van der Waals surface area contributed by atoms with Gasteiger partial charge in [0, 0.05) is 15.6 Å². The highest BCUT2D eigenvalue weighted by molar-refractivity contribution is 9.10. The van der Waals surface area contributed by atoms with E-state index in [4.69, 9.17) is 4.42 Å². The van der Waals surface area contributed by atoms with E-state index in [1.165, 1.54) is 11.0 Å². The summed E-state index contributed by atoms with van der Waals surface area (Å²) in [6.45, 7) is 0.296. The van der Waals surface area contributed by atoms with Gasteiger partial charge in [-0.25, -0.2) is 4.68 Å². The van der Waals surface area contributed by atoms with Gasteiger partial charge in [-0.1, -0.05) is 34.1 Å². The van der Waals surface area contributed by atoms with Crippen molar-refractivity contribution in [2.45, 2.75) is 6.54 Å². The van der Waals surface area contributed by atoms with E-state index in [0.29, 0.717) is 23.6 Å². The Morgan fingerprint density at radius 3 is 2.74 bits per heavy atom. The molecule has 4 rings (SSSR count). The molecule has 27 heavy (non-hydrogen) atoms. The predicted molar refractivity (Wildman–Crippen MR) is 102 cm³/mol. The van der Waals surface area contributed by atoms with E-state index in [1.54, 1.807) is 18.2 Å². The van der Waals surface area contributed by atoms with Crippen LogP contribution in [0.25, 0.3) is 17.0 Å². The Morgan fingerprint density at radius 1 is 1.11 bits per heavy atom. The molecule has 0 radical (unpaired) electrons. The smallest absolute Gasteiger partial charge is 0.251 e. The van der Waals surface area contributed by atoms with Gasteiger partial charge in [-0.05, 0) is 52.9 Å². The Hall–Kier alpha value is -3.26. The van der Waals surface area contributed by atoms with E-state index in [0.717, 1.165) is 15.8 Å². The van der Waals surface area contributed by atoms with E-state index in [2.05, 4.69) is 36.8 Å². The molecule has 0 unspecified atom stereocenters. The zero-order valence-corrected chi connectivity index (χ0v) is 15.6. The first-order valence-corrected chi connectivity index (χ1v) is 8.94. The van der Waals surface area contributed by atoms with E-state index >= 15 is 0 Å². The molecule has 0 aliphatic heterocycles. The average Bonchev–Trinajstić information content (AvgIpc) is 3.39. The van der Waals surface area contributed by atoms with Crippen LogP contribution in [0.5, 0.6) is 0 Å².